The zero-order chi connectivity index (χ0) is 18.9. The summed E-state index contributed by atoms with van der Waals surface area (Å²) in [6.45, 7) is 3.98. The molecule has 136 valence electrons. The molecule has 3 aromatic rings. The van der Waals surface area contributed by atoms with Crippen molar-refractivity contribution in [2.75, 3.05) is 5.32 Å². The number of aromatic nitrogens is 1. The Hall–Kier alpha value is -2.19. The fourth-order valence-corrected chi connectivity index (χ4v) is 4.20. The Morgan fingerprint density at radius 3 is 2.62 bits per heavy atom. The summed E-state index contributed by atoms with van der Waals surface area (Å²) in [6, 6.07) is 6.87. The van der Waals surface area contributed by atoms with E-state index in [-0.39, 0.29) is 11.5 Å². The molecule has 3 rings (SSSR count). The quantitative estimate of drug-likeness (QED) is 0.537. The average Bonchev–Trinajstić information content (AvgIpc) is 3.13. The van der Waals surface area contributed by atoms with Crippen molar-refractivity contribution in [1.29, 1.82) is 0 Å². The molecule has 0 unspecified atom stereocenters. The SMILES string of the molecule is Cc1cc(CC(=O)c2cnc(Nc3cccc(C(F)(F)F)c3)s2)c(C)s1. The summed E-state index contributed by atoms with van der Waals surface area (Å²) in [6.07, 6.45) is -2.66. The van der Waals surface area contributed by atoms with Crippen molar-refractivity contribution in [3.63, 3.8) is 0 Å². The number of benzene rings is 1. The van der Waals surface area contributed by atoms with Crippen molar-refractivity contribution in [2.45, 2.75) is 26.4 Å². The van der Waals surface area contributed by atoms with Crippen LogP contribution in [0, 0.1) is 13.8 Å². The average molecular weight is 396 g/mol. The molecule has 0 aliphatic rings. The molecule has 1 aromatic carbocycles. The predicted molar refractivity (Wildman–Crippen MR) is 98.7 cm³/mol. The fraction of sp³-hybridized carbons (Fsp3) is 0.222. The molecule has 2 aromatic heterocycles. The summed E-state index contributed by atoms with van der Waals surface area (Å²) in [5.74, 6) is -0.0551. The van der Waals surface area contributed by atoms with Gasteiger partial charge in [0, 0.05) is 21.9 Å². The van der Waals surface area contributed by atoms with Gasteiger partial charge in [-0.25, -0.2) is 4.98 Å². The van der Waals surface area contributed by atoms with Gasteiger partial charge in [-0.05, 0) is 43.7 Å². The largest absolute Gasteiger partial charge is 0.416 e. The van der Waals surface area contributed by atoms with Crippen LogP contribution in [0.3, 0.4) is 0 Å². The molecule has 0 spiro atoms. The van der Waals surface area contributed by atoms with Crippen LogP contribution in [0.4, 0.5) is 24.0 Å². The summed E-state index contributed by atoms with van der Waals surface area (Å²) in [5, 5.41) is 3.21. The van der Waals surface area contributed by atoms with E-state index in [2.05, 4.69) is 10.3 Å². The van der Waals surface area contributed by atoms with E-state index in [1.54, 1.807) is 11.3 Å². The number of Topliss-reactive ketones (excluding diaryl/α,β-unsaturated/α-hetero) is 1. The van der Waals surface area contributed by atoms with E-state index in [1.165, 1.54) is 18.3 Å². The number of carbonyl (C=O) groups is 1. The smallest absolute Gasteiger partial charge is 0.332 e. The van der Waals surface area contributed by atoms with Gasteiger partial charge < -0.3 is 5.32 Å². The number of alkyl halides is 3. The lowest BCUT2D eigenvalue weighted by Gasteiger charge is -2.08. The van der Waals surface area contributed by atoms with Crippen molar-refractivity contribution in [2.24, 2.45) is 0 Å². The van der Waals surface area contributed by atoms with Gasteiger partial charge in [-0.15, -0.1) is 11.3 Å². The molecule has 0 bridgehead atoms. The first-order valence-electron chi connectivity index (χ1n) is 7.71. The number of thiophene rings is 1. The molecule has 0 radical (unpaired) electrons. The number of carbonyl (C=O) groups excluding carboxylic acids is 1. The van der Waals surface area contributed by atoms with Gasteiger partial charge in [0.15, 0.2) is 10.9 Å². The lowest BCUT2D eigenvalue weighted by Crippen LogP contribution is -2.05. The van der Waals surface area contributed by atoms with E-state index < -0.39 is 11.7 Å². The number of halogens is 3. The molecule has 1 N–H and O–H groups in total. The van der Waals surface area contributed by atoms with Crippen molar-refractivity contribution < 1.29 is 18.0 Å². The lowest BCUT2D eigenvalue weighted by atomic mass is 10.1. The maximum absolute atomic E-state index is 12.8. The Morgan fingerprint density at radius 2 is 1.96 bits per heavy atom. The number of thiazole rings is 1. The maximum Gasteiger partial charge on any atom is 0.416 e. The van der Waals surface area contributed by atoms with Gasteiger partial charge in [0.25, 0.3) is 0 Å². The molecule has 0 saturated carbocycles. The molecule has 26 heavy (non-hydrogen) atoms. The van der Waals surface area contributed by atoms with Gasteiger partial charge >= 0.3 is 6.18 Å². The van der Waals surface area contributed by atoms with Gasteiger partial charge in [0.05, 0.1) is 16.6 Å². The normalized spacial score (nSPS) is 11.6. The first-order chi connectivity index (χ1) is 12.2. The van der Waals surface area contributed by atoms with E-state index in [1.807, 2.05) is 19.9 Å². The zero-order valence-corrected chi connectivity index (χ0v) is 15.6. The predicted octanol–water partition coefficient (Wildman–Crippen LogP) is 6.01. The lowest BCUT2D eigenvalue weighted by molar-refractivity contribution is -0.137. The van der Waals surface area contributed by atoms with Gasteiger partial charge in [0.1, 0.15) is 0 Å². The second kappa shape index (κ2) is 7.20. The number of rotatable bonds is 5. The van der Waals surface area contributed by atoms with Crippen LogP contribution in [-0.4, -0.2) is 10.8 Å². The summed E-state index contributed by atoms with van der Waals surface area (Å²) in [5.41, 5.74) is 0.537. The molecule has 0 saturated heterocycles. The minimum atomic E-state index is -4.40. The Labute approximate surface area is 156 Å². The Morgan fingerprint density at radius 1 is 1.19 bits per heavy atom. The molecular formula is C18H15F3N2OS2. The third kappa shape index (κ3) is 4.31. The van der Waals surface area contributed by atoms with Crippen molar-refractivity contribution in [1.82, 2.24) is 4.98 Å². The second-order valence-corrected chi connectivity index (χ2v) is 8.26. The van der Waals surface area contributed by atoms with E-state index in [4.69, 9.17) is 0 Å². The standard InChI is InChI=1S/C18H15F3N2OS2/c1-10-6-12(11(2)25-10)7-15(24)16-9-22-17(26-16)23-14-5-3-4-13(8-14)18(19,20)21/h3-6,8-9H,7H2,1-2H3,(H,22,23). The fourth-order valence-electron chi connectivity index (χ4n) is 2.48. The molecular weight excluding hydrogens is 381 g/mol. The monoisotopic (exact) mass is 396 g/mol. The van der Waals surface area contributed by atoms with Gasteiger partial charge in [-0.2, -0.15) is 13.2 Å². The summed E-state index contributed by atoms with van der Waals surface area (Å²) < 4.78 is 38.3. The van der Waals surface area contributed by atoms with E-state index in [0.29, 0.717) is 16.4 Å². The minimum Gasteiger partial charge on any atom is -0.332 e. The Kier molecular flexibility index (Phi) is 5.15. The highest BCUT2D eigenvalue weighted by Crippen LogP contribution is 2.32. The Bertz CT molecular complexity index is 944. The highest BCUT2D eigenvalue weighted by Gasteiger charge is 2.30. The topological polar surface area (TPSA) is 42.0 Å². The molecule has 2 heterocycles. The number of anilines is 2. The Balaban J connectivity index is 1.72. The van der Waals surface area contributed by atoms with Crippen molar-refractivity contribution in [3.8, 4) is 0 Å². The van der Waals surface area contributed by atoms with E-state index in [0.717, 1.165) is 38.8 Å². The van der Waals surface area contributed by atoms with Crippen LogP contribution < -0.4 is 5.32 Å². The molecule has 0 aliphatic carbocycles. The highest BCUT2D eigenvalue weighted by atomic mass is 32.1. The van der Waals surface area contributed by atoms with Gasteiger partial charge in [0.2, 0.25) is 0 Å². The third-order valence-electron chi connectivity index (χ3n) is 3.72. The molecule has 0 amide bonds. The van der Waals surface area contributed by atoms with Gasteiger partial charge in [-0.1, -0.05) is 17.4 Å². The molecule has 8 heteroatoms. The van der Waals surface area contributed by atoms with E-state index in [9.17, 15) is 18.0 Å². The van der Waals surface area contributed by atoms with Crippen LogP contribution >= 0.6 is 22.7 Å². The first kappa shape index (κ1) is 18.6. The maximum atomic E-state index is 12.8. The van der Waals surface area contributed by atoms with Crippen molar-refractivity contribution >= 4 is 39.3 Å². The van der Waals surface area contributed by atoms with Crippen LogP contribution in [-0.2, 0) is 12.6 Å². The summed E-state index contributed by atoms with van der Waals surface area (Å²) >= 11 is 2.78. The second-order valence-electron chi connectivity index (χ2n) is 5.77. The van der Waals surface area contributed by atoms with E-state index >= 15 is 0 Å². The van der Waals surface area contributed by atoms with Crippen LogP contribution in [0.5, 0.6) is 0 Å². The number of hydrogen-bond donors (Lipinski definition) is 1. The zero-order valence-electron chi connectivity index (χ0n) is 14.0. The van der Waals surface area contributed by atoms with Crippen molar-refractivity contribution in [3.05, 3.63) is 62.3 Å². The van der Waals surface area contributed by atoms with Crippen LogP contribution in [0.25, 0.3) is 0 Å². The van der Waals surface area contributed by atoms with Crippen LogP contribution in [0.2, 0.25) is 0 Å². The van der Waals surface area contributed by atoms with Crippen LogP contribution in [0.1, 0.15) is 30.6 Å². The van der Waals surface area contributed by atoms with Gasteiger partial charge in [-0.3, -0.25) is 4.79 Å². The highest BCUT2D eigenvalue weighted by molar-refractivity contribution is 7.17. The van der Waals surface area contributed by atoms with Crippen LogP contribution in [0.15, 0.2) is 36.5 Å². The molecule has 0 atom stereocenters. The minimum absolute atomic E-state index is 0.0551. The first-order valence-corrected chi connectivity index (χ1v) is 9.35. The number of nitrogens with one attached hydrogen (secondary N) is 1. The number of nitrogens with zero attached hydrogens (tertiary/aromatic N) is 1. The summed E-state index contributed by atoms with van der Waals surface area (Å²) in [7, 11) is 0. The summed E-state index contributed by atoms with van der Waals surface area (Å²) in [4.78, 5) is 19.3. The molecule has 3 nitrogen and oxygen atoms in total. The number of hydrogen-bond acceptors (Lipinski definition) is 5. The third-order valence-corrected chi connectivity index (χ3v) is 5.68. The molecule has 0 aliphatic heterocycles. The number of aryl methyl sites for hydroxylation is 2. The number of ketones is 1. The molecule has 0 fully saturated rings.